The molecule has 1 unspecified atom stereocenters. The lowest BCUT2D eigenvalue weighted by Crippen LogP contribution is -2.07. The molecule has 1 aliphatic carbocycles. The number of ether oxygens (including phenoxy) is 1. The molecule has 0 aromatic rings. The van der Waals surface area contributed by atoms with Crippen LogP contribution < -0.4 is 0 Å². The van der Waals surface area contributed by atoms with Crippen LogP contribution in [-0.4, -0.2) is 11.7 Å². The van der Waals surface area contributed by atoms with Crippen LogP contribution >= 0.6 is 0 Å². The number of rotatable bonds is 0. The lowest BCUT2D eigenvalue weighted by atomic mass is 10.2. The van der Waals surface area contributed by atoms with Gasteiger partial charge in [-0.3, -0.25) is 0 Å². The zero-order valence-electron chi connectivity index (χ0n) is 5.31. The molecule has 0 bridgehead atoms. The van der Waals surface area contributed by atoms with E-state index in [9.17, 15) is 0 Å². The van der Waals surface area contributed by atoms with Crippen molar-refractivity contribution in [2.75, 3.05) is 0 Å². The summed E-state index contributed by atoms with van der Waals surface area (Å²) in [6.45, 7) is 2.17. The Morgan fingerprint density at radius 3 is 2.38 bits per heavy atom. The predicted octanol–water partition coefficient (Wildman–Crippen LogP) is 1.72. The fourth-order valence-corrected chi connectivity index (χ4v) is 1.52. The molecule has 0 aromatic heterocycles. The van der Waals surface area contributed by atoms with Gasteiger partial charge < -0.3 is 4.74 Å². The second-order valence-corrected chi connectivity index (χ2v) is 3.15. The molecular formula is C7H12O. The van der Waals surface area contributed by atoms with E-state index in [1.165, 1.54) is 25.7 Å². The van der Waals surface area contributed by atoms with Gasteiger partial charge in [-0.05, 0) is 32.6 Å². The van der Waals surface area contributed by atoms with Crippen molar-refractivity contribution < 1.29 is 4.74 Å². The average molecular weight is 112 g/mol. The normalized spacial score (nSPS) is 40.9. The summed E-state index contributed by atoms with van der Waals surface area (Å²) >= 11 is 0. The van der Waals surface area contributed by atoms with Crippen molar-refractivity contribution in [3.05, 3.63) is 0 Å². The monoisotopic (exact) mass is 112 g/mol. The molecule has 1 heterocycles. The lowest BCUT2D eigenvalue weighted by Gasteiger charge is -2.05. The molecule has 2 aliphatic rings. The summed E-state index contributed by atoms with van der Waals surface area (Å²) in [6, 6.07) is 0. The summed E-state index contributed by atoms with van der Waals surface area (Å²) in [4.78, 5) is 0. The van der Waals surface area contributed by atoms with E-state index in [-0.39, 0.29) is 0 Å². The third-order valence-corrected chi connectivity index (χ3v) is 2.27. The van der Waals surface area contributed by atoms with Crippen LogP contribution in [0.3, 0.4) is 0 Å². The van der Waals surface area contributed by atoms with Gasteiger partial charge in [0, 0.05) is 0 Å². The molecule has 8 heavy (non-hydrogen) atoms. The highest BCUT2D eigenvalue weighted by Crippen LogP contribution is 2.49. The maximum Gasteiger partial charge on any atom is 0.0689 e. The third-order valence-electron chi connectivity index (χ3n) is 2.27. The van der Waals surface area contributed by atoms with Gasteiger partial charge in [-0.1, -0.05) is 0 Å². The predicted molar refractivity (Wildman–Crippen MR) is 31.7 cm³/mol. The minimum absolute atomic E-state index is 0.416. The smallest absolute Gasteiger partial charge is 0.0689 e. The lowest BCUT2D eigenvalue weighted by molar-refractivity contribution is 0.0384. The molecule has 1 saturated carbocycles. The first-order valence-electron chi connectivity index (χ1n) is 3.49. The summed E-state index contributed by atoms with van der Waals surface area (Å²) in [7, 11) is 0. The Morgan fingerprint density at radius 2 is 2.12 bits per heavy atom. The maximum absolute atomic E-state index is 5.66. The molecule has 1 saturated heterocycles. The first-order valence-corrected chi connectivity index (χ1v) is 3.49. The molecule has 1 spiro atoms. The fraction of sp³-hybridized carbons (Fsp3) is 1.00. The highest BCUT2D eigenvalue weighted by Gasteiger charge is 2.48. The van der Waals surface area contributed by atoms with Crippen molar-refractivity contribution in [2.45, 2.75) is 44.3 Å². The van der Waals surface area contributed by atoms with E-state index in [0.717, 1.165) is 0 Å². The highest BCUT2D eigenvalue weighted by molar-refractivity contribution is 4.99. The van der Waals surface area contributed by atoms with Crippen molar-refractivity contribution in [1.29, 1.82) is 0 Å². The van der Waals surface area contributed by atoms with Gasteiger partial charge >= 0.3 is 0 Å². The van der Waals surface area contributed by atoms with Gasteiger partial charge in [0.05, 0.1) is 11.7 Å². The van der Waals surface area contributed by atoms with Crippen molar-refractivity contribution in [3.8, 4) is 0 Å². The standard InChI is InChI=1S/C7H12O/c1-6-2-3-7(8-6)4-5-7/h6H,2-5H2,1H3. The molecule has 0 radical (unpaired) electrons. The van der Waals surface area contributed by atoms with Crippen LogP contribution in [0.1, 0.15) is 32.6 Å². The van der Waals surface area contributed by atoms with Crippen molar-refractivity contribution in [1.82, 2.24) is 0 Å². The van der Waals surface area contributed by atoms with E-state index in [4.69, 9.17) is 4.74 Å². The van der Waals surface area contributed by atoms with Crippen LogP contribution in [0, 0.1) is 0 Å². The average Bonchev–Trinajstić information content (AvgIpc) is 2.34. The second kappa shape index (κ2) is 1.27. The van der Waals surface area contributed by atoms with E-state index < -0.39 is 0 Å². The molecule has 2 fully saturated rings. The van der Waals surface area contributed by atoms with Crippen molar-refractivity contribution in [2.24, 2.45) is 0 Å². The molecule has 2 rings (SSSR count). The van der Waals surface area contributed by atoms with Crippen molar-refractivity contribution in [3.63, 3.8) is 0 Å². The van der Waals surface area contributed by atoms with Gasteiger partial charge in [-0.25, -0.2) is 0 Å². The van der Waals surface area contributed by atoms with E-state index in [0.29, 0.717) is 11.7 Å². The van der Waals surface area contributed by atoms with Gasteiger partial charge in [0.25, 0.3) is 0 Å². The van der Waals surface area contributed by atoms with E-state index in [2.05, 4.69) is 6.92 Å². The zero-order chi connectivity index (χ0) is 5.61. The summed E-state index contributed by atoms with van der Waals surface area (Å²) in [6.07, 6.45) is 5.83. The summed E-state index contributed by atoms with van der Waals surface area (Å²) in [5.41, 5.74) is 0.416. The highest BCUT2D eigenvalue weighted by atomic mass is 16.5. The maximum atomic E-state index is 5.66. The van der Waals surface area contributed by atoms with Gasteiger partial charge in [-0.15, -0.1) is 0 Å². The van der Waals surface area contributed by atoms with Gasteiger partial charge in [0.15, 0.2) is 0 Å². The Morgan fingerprint density at radius 1 is 1.38 bits per heavy atom. The van der Waals surface area contributed by atoms with E-state index in [1.807, 2.05) is 0 Å². The molecule has 1 nitrogen and oxygen atoms in total. The third kappa shape index (κ3) is 0.576. The molecule has 1 aliphatic heterocycles. The van der Waals surface area contributed by atoms with Crippen LogP contribution in [0.4, 0.5) is 0 Å². The van der Waals surface area contributed by atoms with Crippen LogP contribution in [0.2, 0.25) is 0 Å². The SMILES string of the molecule is CC1CCC2(CC2)O1. The Kier molecular flexibility index (Phi) is 0.762. The zero-order valence-corrected chi connectivity index (χ0v) is 5.31. The van der Waals surface area contributed by atoms with Gasteiger partial charge in [0.2, 0.25) is 0 Å². The summed E-state index contributed by atoms with van der Waals surface area (Å²) in [5, 5.41) is 0. The van der Waals surface area contributed by atoms with Crippen LogP contribution in [0.25, 0.3) is 0 Å². The van der Waals surface area contributed by atoms with Crippen LogP contribution in [-0.2, 0) is 4.74 Å². The molecule has 0 amide bonds. The Balaban J connectivity index is 2.03. The Labute approximate surface area is 50.0 Å². The van der Waals surface area contributed by atoms with Gasteiger partial charge in [-0.2, -0.15) is 0 Å². The quantitative estimate of drug-likeness (QED) is 0.463. The largest absolute Gasteiger partial charge is 0.372 e. The molecule has 1 heteroatoms. The van der Waals surface area contributed by atoms with Gasteiger partial charge in [0.1, 0.15) is 0 Å². The second-order valence-electron chi connectivity index (χ2n) is 3.15. The minimum atomic E-state index is 0.416. The van der Waals surface area contributed by atoms with Crippen LogP contribution in [0.15, 0.2) is 0 Å². The van der Waals surface area contributed by atoms with Crippen LogP contribution in [0.5, 0.6) is 0 Å². The Hall–Kier alpha value is -0.0400. The summed E-state index contributed by atoms with van der Waals surface area (Å²) < 4.78 is 5.66. The molecular weight excluding hydrogens is 100 g/mol. The molecule has 46 valence electrons. The Bertz CT molecular complexity index is 105. The number of hydrogen-bond donors (Lipinski definition) is 0. The number of hydrogen-bond acceptors (Lipinski definition) is 1. The first-order chi connectivity index (χ1) is 3.81. The first kappa shape index (κ1) is 4.80. The van der Waals surface area contributed by atoms with E-state index >= 15 is 0 Å². The van der Waals surface area contributed by atoms with E-state index in [1.54, 1.807) is 0 Å². The topological polar surface area (TPSA) is 9.23 Å². The molecule has 1 atom stereocenters. The van der Waals surface area contributed by atoms with Crippen molar-refractivity contribution >= 4 is 0 Å². The minimum Gasteiger partial charge on any atom is -0.372 e. The molecule has 0 aromatic carbocycles. The fourth-order valence-electron chi connectivity index (χ4n) is 1.52. The summed E-state index contributed by atoms with van der Waals surface area (Å²) in [5.74, 6) is 0. The molecule has 0 N–H and O–H groups in total.